The van der Waals surface area contributed by atoms with Crippen LogP contribution in [-0.2, 0) is 26.2 Å². The van der Waals surface area contributed by atoms with Crippen LogP contribution in [0.1, 0.15) is 43.0 Å². The molecule has 3 rings (SSSR count). The highest BCUT2D eigenvalue weighted by Crippen LogP contribution is 2.26. The average Bonchev–Trinajstić information content (AvgIpc) is 2.87. The number of sulfonamides is 1. The number of hydrogen-bond acceptors (Lipinski definition) is 4. The van der Waals surface area contributed by atoms with E-state index in [9.17, 15) is 18.0 Å². The van der Waals surface area contributed by atoms with Crippen LogP contribution in [0.5, 0.6) is 0 Å². The van der Waals surface area contributed by atoms with E-state index in [0.717, 1.165) is 26.6 Å². The quantitative estimate of drug-likeness (QED) is 0.406. The summed E-state index contributed by atoms with van der Waals surface area (Å²) in [4.78, 5) is 28.4. The topological polar surface area (TPSA) is 86.8 Å². The molecule has 0 heterocycles. The van der Waals surface area contributed by atoms with Crippen molar-refractivity contribution in [2.75, 3.05) is 10.8 Å². The van der Waals surface area contributed by atoms with Crippen molar-refractivity contribution >= 4 is 27.5 Å². The van der Waals surface area contributed by atoms with Gasteiger partial charge in [0.15, 0.2) is 0 Å². The first-order chi connectivity index (χ1) is 17.9. The molecule has 0 aromatic heterocycles. The van der Waals surface area contributed by atoms with Crippen molar-refractivity contribution in [3.63, 3.8) is 0 Å². The van der Waals surface area contributed by atoms with Crippen LogP contribution in [-0.4, -0.2) is 43.8 Å². The molecule has 0 aliphatic carbocycles. The van der Waals surface area contributed by atoms with Crippen molar-refractivity contribution in [1.82, 2.24) is 10.2 Å². The molecule has 0 unspecified atom stereocenters. The first-order valence-corrected chi connectivity index (χ1v) is 14.1. The predicted octanol–water partition coefficient (Wildman–Crippen LogP) is 4.75. The third-order valence-electron chi connectivity index (χ3n) is 6.42. The van der Waals surface area contributed by atoms with Crippen LogP contribution in [0.3, 0.4) is 0 Å². The summed E-state index contributed by atoms with van der Waals surface area (Å²) in [5.41, 5.74) is 4.19. The SMILES string of the molecule is Cc1cccc(CN(C(=O)CN(c2ccc(C)c(C)c2)S(=O)(=O)c2ccccc2)[C@@H](C)C(=O)NC(C)C)c1. The van der Waals surface area contributed by atoms with Gasteiger partial charge in [-0.25, -0.2) is 8.42 Å². The van der Waals surface area contributed by atoms with E-state index in [4.69, 9.17) is 0 Å². The van der Waals surface area contributed by atoms with Gasteiger partial charge in [0.05, 0.1) is 10.6 Å². The molecule has 0 radical (unpaired) electrons. The Morgan fingerprint density at radius 3 is 2.13 bits per heavy atom. The lowest BCUT2D eigenvalue weighted by Crippen LogP contribution is -2.52. The van der Waals surface area contributed by atoms with Crippen LogP contribution in [0.25, 0.3) is 0 Å². The van der Waals surface area contributed by atoms with Gasteiger partial charge < -0.3 is 10.2 Å². The molecule has 3 aromatic rings. The number of amides is 2. The zero-order chi connectivity index (χ0) is 28.0. The molecule has 1 atom stereocenters. The average molecular weight is 536 g/mol. The molecule has 0 bridgehead atoms. The first-order valence-electron chi connectivity index (χ1n) is 12.7. The molecule has 2 amide bonds. The summed E-state index contributed by atoms with van der Waals surface area (Å²) >= 11 is 0. The summed E-state index contributed by atoms with van der Waals surface area (Å²) in [6, 6.07) is 20.1. The standard InChI is InChI=1S/C30H37N3O4S/c1-21(2)31-30(35)25(6)32(19-26-12-10-11-22(3)17-26)29(34)20-33(27-16-15-23(4)24(5)18-27)38(36,37)28-13-8-7-9-14-28/h7-18,21,25H,19-20H2,1-6H3,(H,31,35)/t25-/m0/s1. The molecule has 38 heavy (non-hydrogen) atoms. The zero-order valence-electron chi connectivity index (χ0n) is 22.9. The number of nitrogens with zero attached hydrogens (tertiary/aromatic N) is 2. The molecular weight excluding hydrogens is 498 g/mol. The van der Waals surface area contributed by atoms with Gasteiger partial charge in [0.2, 0.25) is 11.8 Å². The molecule has 1 N–H and O–H groups in total. The second-order valence-electron chi connectivity index (χ2n) is 9.94. The number of nitrogens with one attached hydrogen (secondary N) is 1. The molecule has 3 aromatic carbocycles. The van der Waals surface area contributed by atoms with Gasteiger partial charge in [0.1, 0.15) is 12.6 Å². The predicted molar refractivity (Wildman–Crippen MR) is 151 cm³/mol. The number of carbonyl (C=O) groups excluding carboxylic acids is 2. The van der Waals surface area contributed by atoms with E-state index in [1.165, 1.54) is 17.0 Å². The summed E-state index contributed by atoms with van der Waals surface area (Å²) in [7, 11) is -4.07. The molecule has 0 aliphatic rings. The fourth-order valence-electron chi connectivity index (χ4n) is 4.12. The molecule has 0 fully saturated rings. The third kappa shape index (κ3) is 7.01. The maximum atomic E-state index is 13.9. The van der Waals surface area contributed by atoms with Crippen LogP contribution in [0.4, 0.5) is 5.69 Å². The summed E-state index contributed by atoms with van der Waals surface area (Å²) in [6.45, 7) is 10.9. The van der Waals surface area contributed by atoms with Crippen molar-refractivity contribution in [3.8, 4) is 0 Å². The maximum Gasteiger partial charge on any atom is 0.264 e. The third-order valence-corrected chi connectivity index (χ3v) is 8.21. The van der Waals surface area contributed by atoms with Crippen molar-refractivity contribution in [2.24, 2.45) is 0 Å². The summed E-state index contributed by atoms with van der Waals surface area (Å²) in [5, 5.41) is 2.87. The smallest absolute Gasteiger partial charge is 0.264 e. The van der Waals surface area contributed by atoms with Crippen LogP contribution in [0.15, 0.2) is 77.7 Å². The van der Waals surface area contributed by atoms with Crippen molar-refractivity contribution in [1.29, 1.82) is 0 Å². The number of rotatable bonds is 10. The Bertz CT molecular complexity index is 1390. The Kier molecular flexibility index (Phi) is 9.33. The highest BCUT2D eigenvalue weighted by Gasteiger charge is 2.32. The van der Waals surface area contributed by atoms with Crippen LogP contribution < -0.4 is 9.62 Å². The van der Waals surface area contributed by atoms with Gasteiger partial charge in [0, 0.05) is 12.6 Å². The molecular formula is C30H37N3O4S. The monoisotopic (exact) mass is 535 g/mol. The minimum atomic E-state index is -4.07. The number of benzene rings is 3. The second-order valence-corrected chi connectivity index (χ2v) is 11.8. The lowest BCUT2D eigenvalue weighted by atomic mass is 10.1. The van der Waals surface area contributed by atoms with Crippen LogP contribution in [0, 0.1) is 20.8 Å². The molecule has 202 valence electrons. The fraction of sp³-hybridized carbons (Fsp3) is 0.333. The summed E-state index contributed by atoms with van der Waals surface area (Å²) in [6.07, 6.45) is 0. The zero-order valence-corrected chi connectivity index (χ0v) is 23.7. The van der Waals surface area contributed by atoms with Crippen LogP contribution >= 0.6 is 0 Å². The lowest BCUT2D eigenvalue weighted by Gasteiger charge is -2.32. The molecule has 0 saturated carbocycles. The van der Waals surface area contributed by atoms with E-state index >= 15 is 0 Å². The van der Waals surface area contributed by atoms with Gasteiger partial charge in [-0.15, -0.1) is 0 Å². The number of anilines is 1. The van der Waals surface area contributed by atoms with E-state index in [1.807, 2.05) is 65.0 Å². The first kappa shape index (κ1) is 28.9. The van der Waals surface area contributed by atoms with Crippen molar-refractivity contribution in [2.45, 2.75) is 65.1 Å². The Hall–Kier alpha value is -3.65. The van der Waals surface area contributed by atoms with E-state index in [0.29, 0.717) is 5.69 Å². The fourth-order valence-corrected chi connectivity index (χ4v) is 5.55. The van der Waals surface area contributed by atoms with Crippen LogP contribution in [0.2, 0.25) is 0 Å². The Balaban J connectivity index is 2.05. The van der Waals surface area contributed by atoms with E-state index in [1.54, 1.807) is 37.3 Å². The Morgan fingerprint density at radius 1 is 0.842 bits per heavy atom. The van der Waals surface area contributed by atoms with Gasteiger partial charge >= 0.3 is 0 Å². The molecule has 0 aliphatic heterocycles. The molecule has 7 nitrogen and oxygen atoms in total. The second kappa shape index (κ2) is 12.3. The van der Waals surface area contributed by atoms with Gasteiger partial charge in [0.25, 0.3) is 10.0 Å². The van der Waals surface area contributed by atoms with Crippen molar-refractivity contribution in [3.05, 3.63) is 95.1 Å². The van der Waals surface area contributed by atoms with E-state index < -0.39 is 28.5 Å². The van der Waals surface area contributed by atoms with E-state index in [2.05, 4.69) is 5.32 Å². The largest absolute Gasteiger partial charge is 0.352 e. The van der Waals surface area contributed by atoms with Gasteiger partial charge in [-0.05, 0) is 82.5 Å². The number of aryl methyl sites for hydroxylation is 3. The van der Waals surface area contributed by atoms with Gasteiger partial charge in [-0.2, -0.15) is 0 Å². The minimum Gasteiger partial charge on any atom is -0.352 e. The van der Waals surface area contributed by atoms with Gasteiger partial charge in [-0.3, -0.25) is 13.9 Å². The van der Waals surface area contributed by atoms with Crippen molar-refractivity contribution < 1.29 is 18.0 Å². The summed E-state index contributed by atoms with van der Waals surface area (Å²) in [5.74, 6) is -0.778. The Morgan fingerprint density at radius 2 is 1.53 bits per heavy atom. The number of carbonyl (C=O) groups is 2. The lowest BCUT2D eigenvalue weighted by molar-refractivity contribution is -0.139. The highest BCUT2D eigenvalue weighted by atomic mass is 32.2. The number of hydrogen-bond donors (Lipinski definition) is 1. The Labute approximate surface area is 226 Å². The summed E-state index contributed by atoms with van der Waals surface area (Å²) < 4.78 is 28.8. The minimum absolute atomic E-state index is 0.0851. The maximum absolute atomic E-state index is 13.9. The molecule has 8 heteroatoms. The highest BCUT2D eigenvalue weighted by molar-refractivity contribution is 7.92. The molecule has 0 saturated heterocycles. The van der Waals surface area contributed by atoms with E-state index in [-0.39, 0.29) is 23.4 Å². The normalized spacial score (nSPS) is 12.2. The molecule has 0 spiro atoms. The van der Waals surface area contributed by atoms with Gasteiger partial charge in [-0.1, -0.05) is 54.1 Å².